The molecule has 0 spiro atoms. The number of hydrogen-bond donors (Lipinski definition) is 6. The number of aromatic hydroxyl groups is 2. The van der Waals surface area contributed by atoms with E-state index < -0.39 is 24.1 Å². The molecule has 4 atom stereocenters. The fraction of sp³-hybridized carbons (Fsp3) is 0.462. The molecule has 14 heteroatoms. The summed E-state index contributed by atoms with van der Waals surface area (Å²) >= 11 is 3.33. The van der Waals surface area contributed by atoms with Gasteiger partial charge in [0.05, 0.1) is 9.49 Å². The number of rotatable bonds is 16. The Morgan fingerprint density at radius 3 is 1.15 bits per heavy atom. The average Bonchev–Trinajstić information content (AvgIpc) is 3.82. The van der Waals surface area contributed by atoms with E-state index in [0.29, 0.717) is 23.6 Å². The second-order valence-electron chi connectivity index (χ2n) is 16.7. The lowest BCUT2D eigenvalue weighted by Crippen LogP contribution is -2.28. The molecule has 0 bridgehead atoms. The van der Waals surface area contributed by atoms with Gasteiger partial charge < -0.3 is 40.5 Å². The van der Waals surface area contributed by atoms with Crippen LogP contribution in [0.1, 0.15) is 106 Å². The molecule has 2 aliphatic rings. The zero-order chi connectivity index (χ0) is 47.8. The Kier molecular flexibility index (Phi) is 24.7. The van der Waals surface area contributed by atoms with Crippen molar-refractivity contribution in [1.29, 1.82) is 0 Å². The number of benzene rings is 4. The highest BCUT2D eigenvalue weighted by Gasteiger charge is 2.28. The maximum absolute atomic E-state index is 11.6. The van der Waals surface area contributed by atoms with E-state index in [9.17, 15) is 19.2 Å². The molecule has 12 nitrogen and oxygen atoms in total. The Bertz CT molecular complexity index is 2010. The molecule has 66 heavy (non-hydrogen) atoms. The minimum Gasteiger partial charge on any atom is -0.508 e. The van der Waals surface area contributed by atoms with Crippen molar-refractivity contribution >= 4 is 47.0 Å². The standard InChI is InChI=1S/2C16H23NOS.2C9H10O4.2CH4/c2*1-5-17-14-8-12-6-7-15(10-13(12)9-14)19-16(3,4)11(2)18;2*1-6(9(11)12)13-8-4-2-7(10)3-5-8;;/h2*6-7,10,14,17H,5,8-9H2,1-4H3;2*2-6,10H,1H3,(H,11,12);2*1H4/t14-;;2*6-;;/m1.11../s1. The van der Waals surface area contributed by atoms with E-state index in [0.717, 1.165) is 38.8 Å². The van der Waals surface area contributed by atoms with Crippen LogP contribution in [-0.2, 0) is 44.9 Å². The number of fused-ring (bicyclic) bond motifs is 2. The van der Waals surface area contributed by atoms with Crippen LogP contribution in [0.5, 0.6) is 23.0 Å². The van der Waals surface area contributed by atoms with Gasteiger partial charge >= 0.3 is 11.9 Å². The first-order chi connectivity index (χ1) is 30.0. The van der Waals surface area contributed by atoms with E-state index >= 15 is 0 Å². The van der Waals surface area contributed by atoms with E-state index in [1.807, 2.05) is 27.7 Å². The molecule has 0 saturated heterocycles. The molecule has 364 valence electrons. The molecule has 6 N–H and O–H groups in total. The number of phenols is 2. The smallest absolute Gasteiger partial charge is 0.344 e. The van der Waals surface area contributed by atoms with Crippen molar-refractivity contribution < 1.29 is 49.1 Å². The minimum atomic E-state index is -1.02. The number of carbonyl (C=O) groups is 4. The summed E-state index contributed by atoms with van der Waals surface area (Å²) in [5.41, 5.74) is 5.79. The fourth-order valence-corrected chi connectivity index (χ4v) is 8.61. The molecule has 0 saturated carbocycles. The second kappa shape index (κ2) is 27.6. The number of carbonyl (C=O) groups excluding carboxylic acids is 2. The number of carboxylic acids is 2. The molecule has 0 aromatic heterocycles. The summed E-state index contributed by atoms with van der Waals surface area (Å²) in [6.45, 7) is 20.6. The number of carboxylic acid groups (broad SMARTS) is 2. The Hall–Kier alpha value is -5.02. The molecule has 0 aliphatic heterocycles. The summed E-state index contributed by atoms with van der Waals surface area (Å²) in [4.78, 5) is 46.4. The molecule has 4 aromatic carbocycles. The summed E-state index contributed by atoms with van der Waals surface area (Å²) in [7, 11) is 0. The van der Waals surface area contributed by atoms with Crippen LogP contribution >= 0.6 is 23.5 Å². The molecule has 2 aliphatic carbocycles. The third kappa shape index (κ3) is 19.4. The van der Waals surface area contributed by atoms with Gasteiger partial charge in [0.1, 0.15) is 34.6 Å². The predicted octanol–water partition coefficient (Wildman–Crippen LogP) is 10.2. The fourth-order valence-electron chi connectivity index (χ4n) is 6.47. The van der Waals surface area contributed by atoms with Crippen molar-refractivity contribution in [2.45, 2.75) is 153 Å². The van der Waals surface area contributed by atoms with Gasteiger partial charge in [0, 0.05) is 21.9 Å². The van der Waals surface area contributed by atoms with Crippen LogP contribution < -0.4 is 20.1 Å². The van der Waals surface area contributed by atoms with Crippen LogP contribution in [0.2, 0.25) is 0 Å². The van der Waals surface area contributed by atoms with Gasteiger partial charge in [0.2, 0.25) is 0 Å². The molecule has 0 radical (unpaired) electrons. The van der Waals surface area contributed by atoms with Crippen molar-refractivity contribution in [3.8, 4) is 23.0 Å². The third-order valence-corrected chi connectivity index (χ3v) is 13.2. The molecule has 6 rings (SSSR count). The number of thioether (sulfide) groups is 2. The van der Waals surface area contributed by atoms with E-state index in [2.05, 4.69) is 60.9 Å². The van der Waals surface area contributed by atoms with E-state index in [1.54, 1.807) is 37.4 Å². The highest BCUT2D eigenvalue weighted by Crippen LogP contribution is 2.37. The number of Topliss-reactive ketones (excluding diaryl/α,β-unsaturated/α-hetero) is 2. The first kappa shape index (κ1) is 59.0. The third-order valence-electron chi connectivity index (χ3n) is 10.6. The lowest BCUT2D eigenvalue weighted by atomic mass is 10.1. The Labute approximate surface area is 401 Å². The SMILES string of the molecule is C.C.CCNC1Cc2ccc(SC(C)(C)C(C)=O)cc2C1.CCN[C@@H]1Cc2ccc(SC(C)(C)C(C)=O)cc2C1.C[C@@H](Oc1ccc(O)cc1)C(=O)O.C[C@@H](Oc1ccc(O)cc1)C(=O)O. The minimum absolute atomic E-state index is 0. The molecular weight excluding hydrogens is 877 g/mol. The van der Waals surface area contributed by atoms with Crippen LogP contribution in [0.15, 0.2) is 94.7 Å². The van der Waals surface area contributed by atoms with E-state index in [-0.39, 0.29) is 47.4 Å². The molecule has 1 unspecified atom stereocenters. The molecular formula is C52H74N2O10S2. The monoisotopic (exact) mass is 950 g/mol. The van der Waals surface area contributed by atoms with Gasteiger partial charge in [-0.25, -0.2) is 9.59 Å². The highest BCUT2D eigenvalue weighted by molar-refractivity contribution is 8.01. The lowest BCUT2D eigenvalue weighted by molar-refractivity contribution is -0.145. The number of hydrogen-bond acceptors (Lipinski definition) is 12. The van der Waals surface area contributed by atoms with Gasteiger partial charge in [-0.05, 0) is 189 Å². The Morgan fingerprint density at radius 1 is 0.576 bits per heavy atom. The summed E-state index contributed by atoms with van der Waals surface area (Å²) in [6.07, 6.45) is 2.71. The first-order valence-electron chi connectivity index (χ1n) is 21.5. The molecule has 4 aromatic rings. The van der Waals surface area contributed by atoms with Gasteiger partial charge in [0.25, 0.3) is 0 Å². The van der Waals surface area contributed by atoms with E-state index in [4.69, 9.17) is 29.9 Å². The number of phenolic OH excluding ortho intramolecular Hbond substituents is 2. The summed E-state index contributed by atoms with van der Waals surface area (Å²) < 4.78 is 9.36. The van der Waals surface area contributed by atoms with Crippen LogP contribution in [-0.4, -0.2) is 90.8 Å². The van der Waals surface area contributed by atoms with Crippen LogP contribution in [0.4, 0.5) is 0 Å². The van der Waals surface area contributed by atoms with Gasteiger partial charge in [-0.3, -0.25) is 9.59 Å². The van der Waals surface area contributed by atoms with Crippen molar-refractivity contribution in [3.05, 3.63) is 107 Å². The zero-order valence-electron chi connectivity index (χ0n) is 38.7. The number of ether oxygens (including phenoxy) is 2. The van der Waals surface area contributed by atoms with Crippen molar-refractivity contribution in [3.63, 3.8) is 0 Å². The van der Waals surface area contributed by atoms with Crippen LogP contribution in [0.25, 0.3) is 0 Å². The van der Waals surface area contributed by atoms with Crippen LogP contribution in [0.3, 0.4) is 0 Å². The first-order valence-corrected chi connectivity index (χ1v) is 23.1. The topological polar surface area (TPSA) is 192 Å². The molecule has 0 amide bonds. The highest BCUT2D eigenvalue weighted by atomic mass is 32.2. The predicted molar refractivity (Wildman–Crippen MR) is 269 cm³/mol. The summed E-state index contributed by atoms with van der Waals surface area (Å²) in [5.74, 6) is -0.501. The van der Waals surface area contributed by atoms with Gasteiger partial charge in [-0.15, -0.1) is 23.5 Å². The number of nitrogens with one attached hydrogen (secondary N) is 2. The normalized spacial score (nSPS) is 15.4. The number of aliphatic carboxylic acids is 2. The Balaban J connectivity index is 0.000000443. The summed E-state index contributed by atoms with van der Waals surface area (Å²) in [5, 5.41) is 41.9. The number of likely N-dealkylation sites (N-methyl/N-ethyl adjacent to an activating group) is 2. The van der Waals surface area contributed by atoms with Gasteiger partial charge in [0.15, 0.2) is 12.2 Å². The van der Waals surface area contributed by atoms with Gasteiger partial charge in [-0.2, -0.15) is 0 Å². The van der Waals surface area contributed by atoms with E-state index in [1.165, 1.54) is 94.4 Å². The maximum Gasteiger partial charge on any atom is 0.344 e. The molecule has 0 heterocycles. The van der Waals surface area contributed by atoms with Crippen molar-refractivity contribution in [2.24, 2.45) is 0 Å². The van der Waals surface area contributed by atoms with Gasteiger partial charge in [-0.1, -0.05) is 40.8 Å². The quantitative estimate of drug-likeness (QED) is 0.0582. The summed E-state index contributed by atoms with van der Waals surface area (Å²) in [6, 6.07) is 26.2. The number of ketones is 2. The zero-order valence-corrected chi connectivity index (χ0v) is 40.3. The van der Waals surface area contributed by atoms with Crippen LogP contribution in [0, 0.1) is 0 Å². The average molecular weight is 951 g/mol. The Morgan fingerprint density at radius 2 is 0.879 bits per heavy atom. The maximum atomic E-state index is 11.6. The van der Waals surface area contributed by atoms with Crippen molar-refractivity contribution in [2.75, 3.05) is 13.1 Å². The second-order valence-corrected chi connectivity index (χ2v) is 20.1. The largest absolute Gasteiger partial charge is 0.508 e. The molecule has 0 fully saturated rings. The van der Waals surface area contributed by atoms with Crippen molar-refractivity contribution in [1.82, 2.24) is 10.6 Å². The lowest BCUT2D eigenvalue weighted by Gasteiger charge is -2.20.